The van der Waals surface area contributed by atoms with Crippen molar-refractivity contribution in [2.45, 2.75) is 77.2 Å². The first-order chi connectivity index (χ1) is 27.3. The lowest BCUT2D eigenvalue weighted by Crippen LogP contribution is -2.38. The van der Waals surface area contributed by atoms with Crippen molar-refractivity contribution in [1.29, 1.82) is 0 Å². The van der Waals surface area contributed by atoms with Crippen LogP contribution in [-0.2, 0) is 31.3 Å². The van der Waals surface area contributed by atoms with Crippen LogP contribution in [0.15, 0.2) is 65.8 Å². The molecule has 4 aromatic rings. The van der Waals surface area contributed by atoms with E-state index in [-0.39, 0.29) is 32.3 Å². The second kappa shape index (κ2) is 19.2. The number of carbonyl (C=O) groups excluding carboxylic acids is 1. The maximum Gasteiger partial charge on any atom is 0.255 e. The minimum atomic E-state index is -0.453. The number of unbranched alkanes of at least 4 members (excludes halogenated alkanes) is 4. The van der Waals surface area contributed by atoms with Gasteiger partial charge in [0.1, 0.15) is 11.9 Å². The molecule has 0 saturated heterocycles. The third-order valence-corrected chi connectivity index (χ3v) is 10.2. The molecule has 0 aromatic heterocycles. The van der Waals surface area contributed by atoms with Gasteiger partial charge in [-0.1, -0.05) is 42.1 Å². The molecule has 13 nitrogen and oxygen atoms in total. The van der Waals surface area contributed by atoms with Gasteiger partial charge in [0, 0.05) is 33.8 Å². The van der Waals surface area contributed by atoms with Gasteiger partial charge >= 0.3 is 0 Å². The summed E-state index contributed by atoms with van der Waals surface area (Å²) >= 11 is 6.05. The van der Waals surface area contributed by atoms with Crippen LogP contribution in [0.5, 0.6) is 23.0 Å². The molecule has 298 valence electrons. The molecule has 14 heteroatoms. The van der Waals surface area contributed by atoms with Crippen LogP contribution in [0.1, 0.15) is 100 Å². The molecule has 0 spiro atoms. The van der Waals surface area contributed by atoms with Crippen LogP contribution < -0.4 is 29.6 Å². The first-order valence-electron chi connectivity index (χ1n) is 18.6. The third kappa shape index (κ3) is 9.31. The lowest BCUT2D eigenvalue weighted by molar-refractivity contribution is 0.0852. The minimum Gasteiger partial charge on any atom is -0.493 e. The Bertz CT molecular complexity index is 1990. The molecule has 56 heavy (non-hydrogen) atoms. The molecule has 0 fully saturated rings. The summed E-state index contributed by atoms with van der Waals surface area (Å²) in [6, 6.07) is 17.9. The number of amides is 1. The lowest BCUT2D eigenvalue weighted by Gasteiger charge is -2.28. The fourth-order valence-corrected chi connectivity index (χ4v) is 7.11. The largest absolute Gasteiger partial charge is 0.493 e. The van der Waals surface area contributed by atoms with Crippen molar-refractivity contribution in [3.8, 4) is 23.0 Å². The highest BCUT2D eigenvalue weighted by atomic mass is 35.5. The number of hydrogen-bond donors (Lipinski definition) is 6. The molecule has 2 aliphatic heterocycles. The van der Waals surface area contributed by atoms with Gasteiger partial charge in [0.25, 0.3) is 5.91 Å². The first-order valence-corrected chi connectivity index (χ1v) is 19.0. The van der Waals surface area contributed by atoms with Crippen molar-refractivity contribution in [2.75, 3.05) is 32.8 Å². The molecule has 0 saturated carbocycles. The number of nitrogens with zero attached hydrogens (tertiary/aromatic N) is 1. The molecule has 0 bridgehead atoms. The van der Waals surface area contributed by atoms with E-state index in [1.165, 1.54) is 0 Å². The summed E-state index contributed by atoms with van der Waals surface area (Å²) in [5.74, 6) is 1.92. The zero-order valence-corrected chi connectivity index (χ0v) is 32.2. The predicted molar refractivity (Wildman–Crippen MR) is 210 cm³/mol. The van der Waals surface area contributed by atoms with Gasteiger partial charge in [-0.15, -0.1) is 0 Å². The molecular formula is C42H48ClN3O10. The number of rotatable bonds is 19. The molecule has 0 aliphatic carbocycles. The number of fused-ring (bicyclic) bond motifs is 1. The summed E-state index contributed by atoms with van der Waals surface area (Å²) in [6.45, 7) is -0.0536. The number of oxime groups is 1. The fraction of sp³-hybridized carbons (Fsp3) is 0.381. The summed E-state index contributed by atoms with van der Waals surface area (Å²) in [5.41, 5.74) is 6.33. The third-order valence-electron chi connectivity index (χ3n) is 9.97. The summed E-state index contributed by atoms with van der Waals surface area (Å²) in [4.78, 5) is 18.5. The molecule has 4 aromatic carbocycles. The van der Waals surface area contributed by atoms with Crippen LogP contribution in [-0.4, -0.2) is 59.5 Å². The number of aliphatic hydroxyl groups is 4. The van der Waals surface area contributed by atoms with Crippen molar-refractivity contribution in [3.05, 3.63) is 110 Å². The second-order valence-corrected chi connectivity index (χ2v) is 14.0. The highest BCUT2D eigenvalue weighted by molar-refractivity contribution is 6.31. The van der Waals surface area contributed by atoms with Crippen molar-refractivity contribution in [2.24, 2.45) is 5.16 Å². The Morgan fingerprint density at radius 1 is 0.732 bits per heavy atom. The van der Waals surface area contributed by atoms with Crippen LogP contribution >= 0.6 is 11.6 Å². The van der Waals surface area contributed by atoms with Gasteiger partial charge in [-0.3, -0.25) is 4.79 Å². The molecule has 2 aliphatic rings. The molecule has 2 atom stereocenters. The number of anilines is 1. The summed E-state index contributed by atoms with van der Waals surface area (Å²) < 4.78 is 23.6. The zero-order chi connectivity index (χ0) is 39.6. The SMILES string of the molecule is COc1cc(C2CC(c3cc(CO)c(CO)c(CO)c3)=NO2)cc(OC)c1OCCCCCCCOc1ccc(C2NC(=O)c3cc(Cl)ccc3N2)cc1CO. The zero-order valence-electron chi connectivity index (χ0n) is 31.5. The topological polar surface area (TPSA) is 181 Å². The molecule has 6 rings (SSSR count). The van der Waals surface area contributed by atoms with Gasteiger partial charge in [0.05, 0.1) is 65.1 Å². The minimum absolute atomic E-state index is 0.195. The number of ether oxygens (including phenoxy) is 4. The van der Waals surface area contributed by atoms with E-state index >= 15 is 0 Å². The highest BCUT2D eigenvalue weighted by Crippen LogP contribution is 2.43. The van der Waals surface area contributed by atoms with Gasteiger partial charge in [-0.2, -0.15) is 0 Å². The Labute approximate surface area is 330 Å². The van der Waals surface area contributed by atoms with Crippen molar-refractivity contribution in [3.63, 3.8) is 0 Å². The normalized spacial score (nSPS) is 16.0. The number of nitrogens with one attached hydrogen (secondary N) is 2. The molecule has 0 radical (unpaired) electrons. The Morgan fingerprint density at radius 2 is 1.39 bits per heavy atom. The average Bonchev–Trinajstić information content (AvgIpc) is 3.73. The van der Waals surface area contributed by atoms with Gasteiger partial charge < -0.3 is 54.8 Å². The van der Waals surface area contributed by atoms with Crippen molar-refractivity contribution < 1.29 is 49.0 Å². The van der Waals surface area contributed by atoms with E-state index in [9.17, 15) is 25.2 Å². The van der Waals surface area contributed by atoms with E-state index in [1.54, 1.807) is 44.6 Å². The van der Waals surface area contributed by atoms with Crippen molar-refractivity contribution >= 4 is 28.9 Å². The number of methoxy groups -OCH3 is 2. The van der Waals surface area contributed by atoms with Gasteiger partial charge in [0.2, 0.25) is 5.75 Å². The average molecular weight is 790 g/mol. The maximum atomic E-state index is 12.7. The Morgan fingerprint density at radius 3 is 2.04 bits per heavy atom. The van der Waals surface area contributed by atoms with Gasteiger partial charge in [0.15, 0.2) is 17.6 Å². The highest BCUT2D eigenvalue weighted by Gasteiger charge is 2.28. The van der Waals surface area contributed by atoms with Crippen LogP contribution in [0.25, 0.3) is 0 Å². The molecular weight excluding hydrogens is 742 g/mol. The standard InChI is InChI=1S/C42H48ClN3O10/c1-52-38-17-27(37-20-35(46-56-37)26-15-28(21-47)33(24-50)29(16-26)22-48)18-39(53-2)40(38)55-13-7-5-3-4-6-12-54-36-11-8-25(14-30(36)23-49)41-44-34-10-9-31(43)19-32(34)42(51)45-41/h8-11,14-19,37,41,44,47-50H,3-7,12-13,20-24H2,1-2H3,(H,45,51). The second-order valence-electron chi connectivity index (χ2n) is 13.6. The van der Waals surface area contributed by atoms with Crippen LogP contribution in [0, 0.1) is 0 Å². The Balaban J connectivity index is 0.940. The summed E-state index contributed by atoms with van der Waals surface area (Å²) in [7, 11) is 3.14. The van der Waals surface area contributed by atoms with E-state index in [1.807, 2.05) is 30.3 Å². The molecule has 2 heterocycles. The van der Waals surface area contributed by atoms with E-state index in [0.717, 1.165) is 43.2 Å². The molecule has 1 amide bonds. The predicted octanol–water partition coefficient (Wildman–Crippen LogP) is 6.45. The summed E-state index contributed by atoms with van der Waals surface area (Å²) in [6.07, 6.45) is 4.17. The number of halogens is 1. The number of aliphatic hydroxyl groups excluding tert-OH is 4. The van der Waals surface area contributed by atoms with Crippen LogP contribution in [0.2, 0.25) is 5.02 Å². The molecule has 2 unspecified atom stereocenters. The number of benzene rings is 4. The van der Waals surface area contributed by atoms with Crippen LogP contribution in [0.4, 0.5) is 5.69 Å². The number of carbonyl (C=O) groups is 1. The summed E-state index contributed by atoms with van der Waals surface area (Å²) in [5, 5.41) is 50.5. The number of hydrogen-bond acceptors (Lipinski definition) is 12. The van der Waals surface area contributed by atoms with Gasteiger partial charge in [-0.25, -0.2) is 0 Å². The molecule has 6 N–H and O–H groups in total. The lowest BCUT2D eigenvalue weighted by atomic mass is 9.93. The van der Waals surface area contributed by atoms with Gasteiger partial charge in [-0.05, 0) is 89.7 Å². The smallest absolute Gasteiger partial charge is 0.255 e. The van der Waals surface area contributed by atoms with E-state index in [4.69, 9.17) is 35.4 Å². The first kappa shape index (κ1) is 40.6. The Kier molecular flexibility index (Phi) is 13.9. The monoisotopic (exact) mass is 789 g/mol. The van der Waals surface area contributed by atoms with E-state index in [2.05, 4.69) is 15.8 Å². The van der Waals surface area contributed by atoms with E-state index in [0.29, 0.717) is 92.4 Å². The van der Waals surface area contributed by atoms with Crippen molar-refractivity contribution in [1.82, 2.24) is 5.32 Å². The quantitative estimate of drug-likeness (QED) is 0.0575. The maximum absolute atomic E-state index is 12.7. The fourth-order valence-electron chi connectivity index (χ4n) is 6.94. The van der Waals surface area contributed by atoms with Crippen LogP contribution in [0.3, 0.4) is 0 Å². The Hall–Kier alpha value is -5.05. The van der Waals surface area contributed by atoms with E-state index < -0.39 is 12.3 Å².